The van der Waals surface area contributed by atoms with Crippen molar-refractivity contribution >= 4 is 50.8 Å². The molecule has 1 aromatic carbocycles. The van der Waals surface area contributed by atoms with Gasteiger partial charge in [-0.3, -0.25) is 19.0 Å². The minimum absolute atomic E-state index is 0.00347. The molecular weight excluding hydrogens is 468 g/mol. The van der Waals surface area contributed by atoms with Gasteiger partial charge < -0.3 is 10.6 Å². The van der Waals surface area contributed by atoms with Crippen molar-refractivity contribution in [3.63, 3.8) is 0 Å². The van der Waals surface area contributed by atoms with Gasteiger partial charge in [0.2, 0.25) is 5.91 Å². The van der Waals surface area contributed by atoms with Gasteiger partial charge >= 0.3 is 0 Å². The average Bonchev–Trinajstić information content (AvgIpc) is 3.36. The fourth-order valence-corrected chi connectivity index (χ4v) is 6.41. The van der Waals surface area contributed by atoms with Gasteiger partial charge in [-0.25, -0.2) is 4.98 Å². The van der Waals surface area contributed by atoms with E-state index in [1.54, 1.807) is 24.3 Å². The second-order valence-electron chi connectivity index (χ2n) is 9.10. The van der Waals surface area contributed by atoms with E-state index in [1.807, 2.05) is 18.4 Å². The lowest BCUT2D eigenvalue weighted by Crippen LogP contribution is -2.28. The van der Waals surface area contributed by atoms with Gasteiger partial charge in [0.15, 0.2) is 5.16 Å². The quantitative estimate of drug-likeness (QED) is 0.362. The number of nitrogens with one attached hydrogen (secondary N) is 2. The van der Waals surface area contributed by atoms with Crippen LogP contribution in [0.25, 0.3) is 10.2 Å². The van der Waals surface area contributed by atoms with Crippen molar-refractivity contribution in [1.29, 1.82) is 0 Å². The summed E-state index contributed by atoms with van der Waals surface area (Å²) in [5.41, 5.74) is 1.95. The SMILES string of the molecule is Cc1sc2nc(SCC(=O)Nc3ccccc3C(=O)NC3CC3)n(C3CCCC3)c(=O)c2c1C. The van der Waals surface area contributed by atoms with Crippen molar-refractivity contribution < 1.29 is 9.59 Å². The molecule has 0 saturated heterocycles. The molecule has 5 rings (SSSR count). The van der Waals surface area contributed by atoms with E-state index in [0.29, 0.717) is 21.8 Å². The molecule has 3 aromatic rings. The van der Waals surface area contributed by atoms with Crippen LogP contribution in [0.1, 0.15) is 65.4 Å². The molecule has 0 unspecified atom stereocenters. The van der Waals surface area contributed by atoms with Crippen LogP contribution in [0.2, 0.25) is 0 Å². The lowest BCUT2D eigenvalue weighted by molar-refractivity contribution is -0.113. The molecule has 2 N–H and O–H groups in total. The van der Waals surface area contributed by atoms with E-state index in [0.717, 1.165) is 53.8 Å². The van der Waals surface area contributed by atoms with Crippen LogP contribution in [0, 0.1) is 13.8 Å². The number of aryl methyl sites for hydroxylation is 2. The van der Waals surface area contributed by atoms with Gasteiger partial charge in [0.1, 0.15) is 4.83 Å². The predicted molar refractivity (Wildman–Crippen MR) is 137 cm³/mol. The minimum atomic E-state index is -0.234. The topological polar surface area (TPSA) is 93.1 Å². The van der Waals surface area contributed by atoms with Gasteiger partial charge in [0, 0.05) is 17.0 Å². The highest BCUT2D eigenvalue weighted by Gasteiger charge is 2.26. The lowest BCUT2D eigenvalue weighted by atomic mass is 10.1. The summed E-state index contributed by atoms with van der Waals surface area (Å²) in [6.45, 7) is 3.99. The highest BCUT2D eigenvalue weighted by Crippen LogP contribution is 2.34. The van der Waals surface area contributed by atoms with Crippen LogP contribution in [0.15, 0.2) is 34.2 Å². The molecule has 178 valence electrons. The lowest BCUT2D eigenvalue weighted by Gasteiger charge is -2.18. The first-order valence-electron chi connectivity index (χ1n) is 11.8. The van der Waals surface area contributed by atoms with Crippen molar-refractivity contribution in [2.75, 3.05) is 11.1 Å². The predicted octanol–water partition coefficient (Wildman–Crippen LogP) is 4.81. The van der Waals surface area contributed by atoms with Crippen molar-refractivity contribution in [3.05, 3.63) is 50.6 Å². The van der Waals surface area contributed by atoms with Crippen molar-refractivity contribution in [2.24, 2.45) is 0 Å². The molecule has 2 aliphatic carbocycles. The number of para-hydroxylation sites is 1. The smallest absolute Gasteiger partial charge is 0.263 e. The summed E-state index contributed by atoms with van der Waals surface area (Å²) < 4.78 is 1.82. The molecule has 7 nitrogen and oxygen atoms in total. The summed E-state index contributed by atoms with van der Waals surface area (Å²) in [6.07, 6.45) is 6.11. The number of fused-ring (bicyclic) bond motifs is 1. The third kappa shape index (κ3) is 4.63. The van der Waals surface area contributed by atoms with E-state index in [1.165, 1.54) is 23.1 Å². The summed E-state index contributed by atoms with van der Waals surface area (Å²) >= 11 is 2.81. The molecule has 0 atom stereocenters. The van der Waals surface area contributed by atoms with Gasteiger partial charge in [-0.05, 0) is 57.2 Å². The van der Waals surface area contributed by atoms with Crippen LogP contribution >= 0.6 is 23.1 Å². The second kappa shape index (κ2) is 9.54. The maximum atomic E-state index is 13.5. The summed E-state index contributed by atoms with van der Waals surface area (Å²) in [5.74, 6) is -0.300. The first-order valence-corrected chi connectivity index (χ1v) is 13.6. The van der Waals surface area contributed by atoms with Crippen LogP contribution in [0.3, 0.4) is 0 Å². The number of hydrogen-bond acceptors (Lipinski definition) is 6. The number of thioether (sulfide) groups is 1. The van der Waals surface area contributed by atoms with Crippen LogP contribution in [0.5, 0.6) is 0 Å². The first-order chi connectivity index (χ1) is 16.4. The van der Waals surface area contributed by atoms with Crippen LogP contribution in [-0.2, 0) is 4.79 Å². The Morgan fingerprint density at radius 3 is 2.62 bits per heavy atom. The summed E-state index contributed by atoms with van der Waals surface area (Å²) in [6, 6.07) is 7.41. The molecule has 0 spiro atoms. The Bertz CT molecular complexity index is 1320. The molecule has 0 aliphatic heterocycles. The Morgan fingerprint density at radius 2 is 1.88 bits per heavy atom. The normalized spacial score (nSPS) is 16.2. The molecule has 9 heteroatoms. The number of anilines is 1. The van der Waals surface area contributed by atoms with E-state index in [9.17, 15) is 14.4 Å². The fourth-order valence-electron chi connectivity index (χ4n) is 4.47. The summed E-state index contributed by atoms with van der Waals surface area (Å²) in [4.78, 5) is 45.6. The Kier molecular flexibility index (Phi) is 6.48. The zero-order valence-electron chi connectivity index (χ0n) is 19.3. The Morgan fingerprint density at radius 1 is 1.15 bits per heavy atom. The molecule has 2 fully saturated rings. The van der Waals surface area contributed by atoms with E-state index in [4.69, 9.17) is 4.98 Å². The molecule has 0 radical (unpaired) electrons. The monoisotopic (exact) mass is 496 g/mol. The minimum Gasteiger partial charge on any atom is -0.349 e. The van der Waals surface area contributed by atoms with Gasteiger partial charge in [-0.1, -0.05) is 36.7 Å². The van der Waals surface area contributed by atoms with E-state index >= 15 is 0 Å². The Labute approximate surface area is 206 Å². The molecule has 34 heavy (non-hydrogen) atoms. The zero-order chi connectivity index (χ0) is 23.8. The van der Waals surface area contributed by atoms with Gasteiger partial charge in [0.25, 0.3) is 11.5 Å². The Balaban J connectivity index is 1.37. The molecule has 2 amide bonds. The molecular formula is C25H28N4O3S2. The maximum absolute atomic E-state index is 13.5. The number of benzene rings is 1. The van der Waals surface area contributed by atoms with Crippen LogP contribution in [-0.4, -0.2) is 33.2 Å². The van der Waals surface area contributed by atoms with Gasteiger partial charge in [-0.2, -0.15) is 0 Å². The third-order valence-electron chi connectivity index (χ3n) is 6.58. The highest BCUT2D eigenvalue weighted by atomic mass is 32.2. The Hall–Kier alpha value is -2.65. The number of aromatic nitrogens is 2. The number of rotatable bonds is 7. The first kappa shape index (κ1) is 23.1. The highest BCUT2D eigenvalue weighted by molar-refractivity contribution is 7.99. The second-order valence-corrected chi connectivity index (χ2v) is 11.2. The molecule has 2 aromatic heterocycles. The number of nitrogens with zero attached hydrogens (tertiary/aromatic N) is 2. The molecule has 2 saturated carbocycles. The molecule has 2 heterocycles. The van der Waals surface area contributed by atoms with Crippen LogP contribution < -0.4 is 16.2 Å². The standard InChI is InChI=1S/C25H28N4O3S2/c1-14-15(2)34-23-21(14)24(32)29(17-7-3-4-8-17)25(28-23)33-13-20(30)27-19-10-6-5-9-18(19)22(31)26-16-11-12-16/h5-6,9-10,16-17H,3-4,7-8,11-13H2,1-2H3,(H,26,31)(H,27,30). The number of carbonyl (C=O) groups is 2. The van der Waals surface area contributed by atoms with Gasteiger partial charge in [-0.15, -0.1) is 11.3 Å². The fraction of sp³-hybridized carbons (Fsp3) is 0.440. The number of carbonyl (C=O) groups excluding carboxylic acids is 2. The number of hydrogen-bond donors (Lipinski definition) is 2. The third-order valence-corrected chi connectivity index (χ3v) is 8.64. The largest absolute Gasteiger partial charge is 0.349 e. The van der Waals surface area contributed by atoms with E-state index in [2.05, 4.69) is 10.6 Å². The number of thiophene rings is 1. The van der Waals surface area contributed by atoms with Crippen molar-refractivity contribution in [3.8, 4) is 0 Å². The van der Waals surface area contributed by atoms with Crippen LogP contribution in [0.4, 0.5) is 5.69 Å². The summed E-state index contributed by atoms with van der Waals surface area (Å²) in [7, 11) is 0. The maximum Gasteiger partial charge on any atom is 0.263 e. The van der Waals surface area contributed by atoms with E-state index in [-0.39, 0.29) is 35.2 Å². The molecule has 0 bridgehead atoms. The molecule has 2 aliphatic rings. The summed E-state index contributed by atoms with van der Waals surface area (Å²) in [5, 5.41) is 7.15. The average molecular weight is 497 g/mol. The van der Waals surface area contributed by atoms with E-state index < -0.39 is 0 Å². The van der Waals surface area contributed by atoms with Crippen molar-refractivity contribution in [2.45, 2.75) is 69.6 Å². The number of amides is 2. The van der Waals surface area contributed by atoms with Gasteiger partial charge in [0.05, 0.1) is 22.4 Å². The zero-order valence-corrected chi connectivity index (χ0v) is 21.0. The van der Waals surface area contributed by atoms with Crippen molar-refractivity contribution in [1.82, 2.24) is 14.9 Å².